The van der Waals surface area contributed by atoms with Crippen LogP contribution in [0.25, 0.3) is 0 Å². The Hall–Kier alpha value is -2.74. The van der Waals surface area contributed by atoms with E-state index in [0.29, 0.717) is 12.2 Å². The van der Waals surface area contributed by atoms with Crippen molar-refractivity contribution in [2.75, 3.05) is 11.9 Å². The number of rotatable bonds is 5. The molecule has 1 aromatic heterocycles. The molecule has 1 aliphatic rings. The van der Waals surface area contributed by atoms with Gasteiger partial charge in [0.15, 0.2) is 0 Å². The molecule has 0 bridgehead atoms. The van der Waals surface area contributed by atoms with Gasteiger partial charge in [0, 0.05) is 34.7 Å². The largest absolute Gasteiger partial charge is 0.347 e. The average Bonchev–Trinajstić information content (AvgIpc) is 3.32. The van der Waals surface area contributed by atoms with E-state index in [2.05, 4.69) is 16.7 Å². The number of benzene rings is 1. The lowest BCUT2D eigenvalue weighted by Gasteiger charge is -2.28. The van der Waals surface area contributed by atoms with Gasteiger partial charge in [-0.1, -0.05) is 18.9 Å². The van der Waals surface area contributed by atoms with Crippen molar-refractivity contribution in [3.8, 4) is 0 Å². The molecule has 2 N–H and O–H groups in total. The van der Waals surface area contributed by atoms with Crippen molar-refractivity contribution in [3.63, 3.8) is 0 Å². The number of anilines is 1. The molecule has 1 heterocycles. The smallest absolute Gasteiger partial charge is 0.313 e. The molecule has 8 heteroatoms. The highest BCUT2D eigenvalue weighted by molar-refractivity contribution is 7.10. The molecule has 0 unspecified atom stereocenters. The van der Waals surface area contributed by atoms with E-state index in [9.17, 15) is 19.7 Å². The fourth-order valence-electron chi connectivity index (χ4n) is 3.33. The van der Waals surface area contributed by atoms with Gasteiger partial charge >= 0.3 is 11.8 Å². The Bertz CT molecular complexity index is 796. The molecule has 1 saturated carbocycles. The van der Waals surface area contributed by atoms with E-state index in [-0.39, 0.29) is 11.1 Å². The first-order valence-electron chi connectivity index (χ1n) is 8.38. The number of carbonyl (C=O) groups excluding carboxylic acids is 2. The molecule has 0 radical (unpaired) electrons. The van der Waals surface area contributed by atoms with E-state index in [4.69, 9.17) is 0 Å². The highest BCUT2D eigenvalue weighted by atomic mass is 32.1. The number of hydrogen-bond acceptors (Lipinski definition) is 5. The van der Waals surface area contributed by atoms with Crippen molar-refractivity contribution < 1.29 is 14.5 Å². The van der Waals surface area contributed by atoms with Gasteiger partial charge < -0.3 is 10.6 Å². The van der Waals surface area contributed by atoms with Crippen LogP contribution in [0.4, 0.5) is 11.4 Å². The zero-order valence-electron chi connectivity index (χ0n) is 14.1. The van der Waals surface area contributed by atoms with Crippen molar-refractivity contribution in [1.29, 1.82) is 0 Å². The summed E-state index contributed by atoms with van der Waals surface area (Å²) in [6.07, 6.45) is 4.22. The molecule has 2 aromatic rings. The topological polar surface area (TPSA) is 101 Å². The van der Waals surface area contributed by atoms with Crippen molar-refractivity contribution in [2.24, 2.45) is 0 Å². The number of carbonyl (C=O) groups is 2. The monoisotopic (exact) mass is 373 g/mol. The Morgan fingerprint density at radius 1 is 1.12 bits per heavy atom. The summed E-state index contributed by atoms with van der Waals surface area (Å²) >= 11 is 1.68. The van der Waals surface area contributed by atoms with Gasteiger partial charge in [-0.05, 0) is 36.4 Å². The number of nitro groups is 1. The molecule has 26 heavy (non-hydrogen) atoms. The third kappa shape index (κ3) is 3.91. The van der Waals surface area contributed by atoms with E-state index in [1.165, 1.54) is 29.1 Å². The molecule has 0 spiro atoms. The molecule has 1 fully saturated rings. The summed E-state index contributed by atoms with van der Waals surface area (Å²) in [5.41, 5.74) is 0.174. The minimum absolute atomic E-state index is 0.0772. The number of nitro benzene ring substituents is 1. The molecular weight excluding hydrogens is 354 g/mol. The molecule has 3 rings (SSSR count). The van der Waals surface area contributed by atoms with Crippen LogP contribution in [0.5, 0.6) is 0 Å². The molecule has 1 aliphatic carbocycles. The van der Waals surface area contributed by atoms with E-state index < -0.39 is 16.7 Å². The summed E-state index contributed by atoms with van der Waals surface area (Å²) in [4.78, 5) is 35.6. The Kier molecular flexibility index (Phi) is 5.32. The van der Waals surface area contributed by atoms with E-state index in [1.54, 1.807) is 11.3 Å². The number of amides is 2. The lowest BCUT2D eigenvalue weighted by molar-refractivity contribution is -0.384. The van der Waals surface area contributed by atoms with E-state index in [0.717, 1.165) is 25.7 Å². The predicted octanol–water partition coefficient (Wildman–Crippen LogP) is 3.22. The lowest BCUT2D eigenvalue weighted by atomic mass is 9.84. The third-order valence-corrected chi connectivity index (χ3v) is 5.85. The molecule has 2 amide bonds. The summed E-state index contributed by atoms with van der Waals surface area (Å²) in [7, 11) is 0. The molecule has 0 atom stereocenters. The Balaban J connectivity index is 1.59. The highest BCUT2D eigenvalue weighted by Crippen LogP contribution is 2.42. The quantitative estimate of drug-likeness (QED) is 0.477. The summed E-state index contributed by atoms with van der Waals surface area (Å²) in [6.45, 7) is 0.431. The molecular formula is C18H19N3O4S. The molecule has 0 aliphatic heterocycles. The summed E-state index contributed by atoms with van der Waals surface area (Å²) in [5, 5.41) is 17.9. The van der Waals surface area contributed by atoms with Gasteiger partial charge in [-0.25, -0.2) is 0 Å². The lowest BCUT2D eigenvalue weighted by Crippen LogP contribution is -2.43. The Morgan fingerprint density at radius 2 is 1.81 bits per heavy atom. The van der Waals surface area contributed by atoms with Crippen LogP contribution < -0.4 is 10.6 Å². The van der Waals surface area contributed by atoms with Crippen LogP contribution in [0, 0.1) is 10.1 Å². The standard InChI is InChI=1S/C18H19N3O4S/c22-16(17(23)20-13-5-7-14(8-6-13)21(24)25)19-12-18(9-1-2-10-18)15-4-3-11-26-15/h3-8,11H,1-2,9-10,12H2,(H,19,22)(H,20,23). The minimum atomic E-state index is -0.779. The van der Waals surface area contributed by atoms with Crippen LogP contribution >= 0.6 is 11.3 Å². The van der Waals surface area contributed by atoms with Crippen molar-refractivity contribution >= 4 is 34.5 Å². The highest BCUT2D eigenvalue weighted by Gasteiger charge is 2.37. The minimum Gasteiger partial charge on any atom is -0.347 e. The first kappa shape index (κ1) is 18.1. The first-order chi connectivity index (χ1) is 12.5. The Morgan fingerprint density at radius 3 is 2.38 bits per heavy atom. The molecule has 136 valence electrons. The second kappa shape index (κ2) is 7.65. The maximum absolute atomic E-state index is 12.2. The summed E-state index contributed by atoms with van der Waals surface area (Å²) in [5.74, 6) is -1.48. The van der Waals surface area contributed by atoms with Gasteiger partial charge in [0.2, 0.25) is 0 Å². The van der Waals surface area contributed by atoms with Crippen LogP contribution in [0.3, 0.4) is 0 Å². The molecule has 7 nitrogen and oxygen atoms in total. The van der Waals surface area contributed by atoms with Crippen LogP contribution in [0.15, 0.2) is 41.8 Å². The maximum atomic E-state index is 12.2. The second-order valence-electron chi connectivity index (χ2n) is 6.41. The van der Waals surface area contributed by atoms with Gasteiger partial charge in [-0.2, -0.15) is 0 Å². The van der Waals surface area contributed by atoms with Gasteiger partial charge in [-0.3, -0.25) is 19.7 Å². The average molecular weight is 373 g/mol. The van der Waals surface area contributed by atoms with Gasteiger partial charge in [0.25, 0.3) is 5.69 Å². The van der Waals surface area contributed by atoms with Crippen LogP contribution in [-0.2, 0) is 15.0 Å². The second-order valence-corrected chi connectivity index (χ2v) is 7.35. The number of nitrogens with zero attached hydrogens (tertiary/aromatic N) is 1. The zero-order valence-corrected chi connectivity index (χ0v) is 14.9. The van der Waals surface area contributed by atoms with Crippen LogP contribution in [-0.4, -0.2) is 23.3 Å². The maximum Gasteiger partial charge on any atom is 0.313 e. The van der Waals surface area contributed by atoms with Crippen molar-refractivity contribution in [2.45, 2.75) is 31.1 Å². The number of non-ortho nitro benzene ring substituents is 1. The van der Waals surface area contributed by atoms with Crippen LogP contribution in [0.2, 0.25) is 0 Å². The fourth-order valence-corrected chi connectivity index (χ4v) is 4.31. The van der Waals surface area contributed by atoms with Crippen molar-refractivity contribution in [1.82, 2.24) is 5.32 Å². The van der Waals surface area contributed by atoms with Crippen LogP contribution in [0.1, 0.15) is 30.6 Å². The summed E-state index contributed by atoms with van der Waals surface area (Å²) < 4.78 is 0. The Labute approximate surface area is 154 Å². The summed E-state index contributed by atoms with van der Waals surface area (Å²) in [6, 6.07) is 9.43. The van der Waals surface area contributed by atoms with E-state index in [1.807, 2.05) is 11.4 Å². The number of thiophene rings is 1. The zero-order chi connectivity index (χ0) is 18.6. The fraction of sp³-hybridized carbons (Fsp3) is 0.333. The first-order valence-corrected chi connectivity index (χ1v) is 9.26. The van der Waals surface area contributed by atoms with Gasteiger partial charge in [0.1, 0.15) is 0 Å². The normalized spacial score (nSPS) is 15.4. The van der Waals surface area contributed by atoms with Crippen molar-refractivity contribution in [3.05, 3.63) is 56.8 Å². The number of nitrogens with one attached hydrogen (secondary N) is 2. The molecule has 1 aromatic carbocycles. The SMILES string of the molecule is O=C(NCC1(c2cccs2)CCCC1)C(=O)Nc1ccc([N+](=O)[O-])cc1. The molecule has 0 saturated heterocycles. The number of hydrogen-bond donors (Lipinski definition) is 2. The third-order valence-electron chi connectivity index (χ3n) is 4.73. The van der Waals surface area contributed by atoms with E-state index >= 15 is 0 Å². The van der Waals surface area contributed by atoms with Gasteiger partial charge in [0.05, 0.1) is 4.92 Å². The van der Waals surface area contributed by atoms with Gasteiger partial charge in [-0.15, -0.1) is 11.3 Å². The predicted molar refractivity (Wildman–Crippen MR) is 99.2 cm³/mol.